The van der Waals surface area contributed by atoms with Gasteiger partial charge in [-0.2, -0.15) is 0 Å². The summed E-state index contributed by atoms with van der Waals surface area (Å²) in [5.41, 5.74) is 2.22. The van der Waals surface area contributed by atoms with Crippen LogP contribution in [0.5, 0.6) is 0 Å². The van der Waals surface area contributed by atoms with E-state index < -0.39 is 0 Å². The standard InChI is InChI=1S/C17H19ClN2O/c1-13(19-12-15-8-5-9-16(18)10-15)17(21)20-11-14-6-3-2-4-7-14/h2-10,13,19H,11-12H2,1H3,(H,20,21)/p+1/t13-/m1/s1. The Morgan fingerprint density at radius 1 is 1.14 bits per heavy atom. The highest BCUT2D eigenvalue weighted by molar-refractivity contribution is 6.30. The number of hydrogen-bond donors (Lipinski definition) is 2. The Morgan fingerprint density at radius 3 is 2.57 bits per heavy atom. The predicted molar refractivity (Wildman–Crippen MR) is 84.8 cm³/mol. The first kappa shape index (κ1) is 15.5. The minimum atomic E-state index is -0.132. The lowest BCUT2D eigenvalue weighted by Gasteiger charge is -2.11. The Hall–Kier alpha value is -1.84. The third-order valence-electron chi connectivity index (χ3n) is 3.32. The maximum Gasteiger partial charge on any atom is 0.278 e. The van der Waals surface area contributed by atoms with E-state index in [0.29, 0.717) is 6.54 Å². The van der Waals surface area contributed by atoms with Gasteiger partial charge >= 0.3 is 0 Å². The number of halogens is 1. The second-order valence-electron chi connectivity index (χ2n) is 5.06. The zero-order valence-corrected chi connectivity index (χ0v) is 12.8. The average Bonchev–Trinajstić information content (AvgIpc) is 2.51. The minimum Gasteiger partial charge on any atom is -0.347 e. The molecule has 0 fully saturated rings. The normalized spacial score (nSPS) is 11.9. The van der Waals surface area contributed by atoms with Gasteiger partial charge in [0, 0.05) is 17.1 Å². The molecule has 0 saturated carbocycles. The third kappa shape index (κ3) is 5.21. The summed E-state index contributed by atoms with van der Waals surface area (Å²) in [5.74, 6) is 0.0425. The van der Waals surface area contributed by atoms with E-state index in [4.69, 9.17) is 11.6 Å². The van der Waals surface area contributed by atoms with Crippen molar-refractivity contribution in [2.75, 3.05) is 0 Å². The summed E-state index contributed by atoms with van der Waals surface area (Å²) >= 11 is 5.95. The molecular formula is C17H20ClN2O+. The van der Waals surface area contributed by atoms with Crippen molar-refractivity contribution in [3.8, 4) is 0 Å². The highest BCUT2D eigenvalue weighted by atomic mass is 35.5. The van der Waals surface area contributed by atoms with Crippen molar-refractivity contribution in [2.45, 2.75) is 26.1 Å². The number of benzene rings is 2. The molecule has 2 aromatic rings. The van der Waals surface area contributed by atoms with Gasteiger partial charge in [-0.05, 0) is 24.6 Å². The first-order valence-electron chi connectivity index (χ1n) is 7.04. The molecule has 2 aromatic carbocycles. The number of quaternary nitrogens is 1. The van der Waals surface area contributed by atoms with Gasteiger partial charge in [0.2, 0.25) is 0 Å². The average molecular weight is 304 g/mol. The van der Waals surface area contributed by atoms with Crippen LogP contribution in [0.15, 0.2) is 54.6 Å². The molecule has 0 unspecified atom stereocenters. The lowest BCUT2D eigenvalue weighted by Crippen LogP contribution is -2.90. The number of carbonyl (C=O) groups excluding carboxylic acids is 1. The van der Waals surface area contributed by atoms with Crippen molar-refractivity contribution in [1.82, 2.24) is 5.32 Å². The van der Waals surface area contributed by atoms with Crippen LogP contribution < -0.4 is 10.6 Å². The molecule has 0 aliphatic heterocycles. The quantitative estimate of drug-likeness (QED) is 0.843. The van der Waals surface area contributed by atoms with Crippen LogP contribution in [0.25, 0.3) is 0 Å². The van der Waals surface area contributed by atoms with Gasteiger partial charge in [-0.1, -0.05) is 54.1 Å². The molecule has 0 aromatic heterocycles. The molecule has 0 radical (unpaired) electrons. The number of hydrogen-bond acceptors (Lipinski definition) is 1. The van der Waals surface area contributed by atoms with Gasteiger partial charge in [-0.25, -0.2) is 0 Å². The number of nitrogens with two attached hydrogens (primary N) is 1. The summed E-state index contributed by atoms with van der Waals surface area (Å²) in [6.07, 6.45) is 0. The molecule has 110 valence electrons. The van der Waals surface area contributed by atoms with Crippen LogP contribution in [0.2, 0.25) is 5.02 Å². The largest absolute Gasteiger partial charge is 0.347 e. The molecule has 1 amide bonds. The molecule has 0 aliphatic rings. The van der Waals surface area contributed by atoms with E-state index in [0.717, 1.165) is 22.7 Å². The van der Waals surface area contributed by atoms with Crippen molar-refractivity contribution in [1.29, 1.82) is 0 Å². The predicted octanol–water partition coefficient (Wildman–Crippen LogP) is 2.11. The highest BCUT2D eigenvalue weighted by Gasteiger charge is 2.15. The summed E-state index contributed by atoms with van der Waals surface area (Å²) < 4.78 is 0. The number of rotatable bonds is 6. The molecule has 0 spiro atoms. The van der Waals surface area contributed by atoms with Gasteiger partial charge in [0.25, 0.3) is 5.91 Å². The lowest BCUT2D eigenvalue weighted by atomic mass is 10.2. The molecule has 3 N–H and O–H groups in total. The van der Waals surface area contributed by atoms with Crippen molar-refractivity contribution >= 4 is 17.5 Å². The summed E-state index contributed by atoms with van der Waals surface area (Å²) in [4.78, 5) is 12.0. The molecule has 21 heavy (non-hydrogen) atoms. The van der Waals surface area contributed by atoms with Gasteiger partial charge in [-0.3, -0.25) is 4.79 Å². The summed E-state index contributed by atoms with van der Waals surface area (Å²) in [5, 5.41) is 5.68. The smallest absolute Gasteiger partial charge is 0.278 e. The Balaban J connectivity index is 1.77. The van der Waals surface area contributed by atoms with Crippen LogP contribution in [0.1, 0.15) is 18.1 Å². The van der Waals surface area contributed by atoms with Crippen LogP contribution in [-0.2, 0) is 17.9 Å². The maximum atomic E-state index is 12.0. The van der Waals surface area contributed by atoms with E-state index in [2.05, 4.69) is 5.32 Å². The zero-order chi connectivity index (χ0) is 15.1. The molecule has 2 rings (SSSR count). The van der Waals surface area contributed by atoms with Crippen LogP contribution >= 0.6 is 11.6 Å². The topological polar surface area (TPSA) is 45.7 Å². The molecule has 3 nitrogen and oxygen atoms in total. The summed E-state index contributed by atoms with van der Waals surface area (Å²) in [6, 6.07) is 17.5. The monoisotopic (exact) mass is 303 g/mol. The molecule has 1 atom stereocenters. The van der Waals surface area contributed by atoms with E-state index in [9.17, 15) is 4.79 Å². The molecule has 0 aliphatic carbocycles. The number of nitrogens with one attached hydrogen (secondary N) is 1. The van der Waals surface area contributed by atoms with Crippen molar-refractivity contribution in [3.63, 3.8) is 0 Å². The minimum absolute atomic E-state index is 0.0425. The summed E-state index contributed by atoms with van der Waals surface area (Å²) in [6.45, 7) is 3.21. The van der Waals surface area contributed by atoms with Gasteiger partial charge in [0.1, 0.15) is 6.54 Å². The fourth-order valence-corrected chi connectivity index (χ4v) is 2.24. The number of carbonyl (C=O) groups is 1. The third-order valence-corrected chi connectivity index (χ3v) is 3.55. The summed E-state index contributed by atoms with van der Waals surface area (Å²) in [7, 11) is 0. The van der Waals surface area contributed by atoms with Gasteiger partial charge in [0.05, 0.1) is 0 Å². The van der Waals surface area contributed by atoms with Crippen LogP contribution in [0, 0.1) is 0 Å². The second-order valence-corrected chi connectivity index (χ2v) is 5.50. The van der Waals surface area contributed by atoms with E-state index >= 15 is 0 Å². The molecule has 0 saturated heterocycles. The van der Waals surface area contributed by atoms with E-state index in [1.807, 2.05) is 66.8 Å². The first-order valence-corrected chi connectivity index (χ1v) is 7.42. The van der Waals surface area contributed by atoms with Gasteiger partial charge in [-0.15, -0.1) is 0 Å². The van der Waals surface area contributed by atoms with Gasteiger partial charge in [0.15, 0.2) is 6.04 Å². The fraction of sp³-hybridized carbons (Fsp3) is 0.235. The van der Waals surface area contributed by atoms with Crippen molar-refractivity contribution in [3.05, 3.63) is 70.7 Å². The van der Waals surface area contributed by atoms with Crippen LogP contribution in [-0.4, -0.2) is 11.9 Å². The number of amides is 1. The van der Waals surface area contributed by atoms with E-state index in [-0.39, 0.29) is 11.9 Å². The van der Waals surface area contributed by atoms with Crippen molar-refractivity contribution < 1.29 is 10.1 Å². The van der Waals surface area contributed by atoms with Crippen LogP contribution in [0.4, 0.5) is 0 Å². The highest BCUT2D eigenvalue weighted by Crippen LogP contribution is 2.09. The fourth-order valence-electron chi connectivity index (χ4n) is 2.03. The lowest BCUT2D eigenvalue weighted by molar-refractivity contribution is -0.689. The zero-order valence-electron chi connectivity index (χ0n) is 12.1. The van der Waals surface area contributed by atoms with E-state index in [1.54, 1.807) is 0 Å². The molecular weight excluding hydrogens is 284 g/mol. The first-order chi connectivity index (χ1) is 10.1. The van der Waals surface area contributed by atoms with E-state index in [1.165, 1.54) is 0 Å². The Kier molecular flexibility index (Phi) is 5.78. The molecule has 0 heterocycles. The Labute approximate surface area is 130 Å². The van der Waals surface area contributed by atoms with Crippen molar-refractivity contribution in [2.24, 2.45) is 0 Å². The van der Waals surface area contributed by atoms with Crippen LogP contribution in [0.3, 0.4) is 0 Å². The Bertz CT molecular complexity index is 586. The molecule has 4 heteroatoms. The Morgan fingerprint density at radius 2 is 1.86 bits per heavy atom. The second kappa shape index (κ2) is 7.81. The van der Waals surface area contributed by atoms with Gasteiger partial charge < -0.3 is 10.6 Å². The maximum absolute atomic E-state index is 12.0. The SMILES string of the molecule is C[C@@H]([NH2+]Cc1cccc(Cl)c1)C(=O)NCc1ccccc1. The molecule has 0 bridgehead atoms.